The fourth-order valence-electron chi connectivity index (χ4n) is 1.59. The molecule has 1 rings (SSSR count). The van der Waals surface area contributed by atoms with Crippen LogP contribution in [0.5, 0.6) is 0 Å². The van der Waals surface area contributed by atoms with Crippen molar-refractivity contribution in [2.75, 3.05) is 18.1 Å². The van der Waals surface area contributed by atoms with E-state index in [1.807, 2.05) is 0 Å². The molecule has 3 atom stereocenters. The second kappa shape index (κ2) is 4.09. The molecule has 2 nitrogen and oxygen atoms in total. The highest BCUT2D eigenvalue weighted by Gasteiger charge is 2.29. The van der Waals surface area contributed by atoms with Gasteiger partial charge >= 0.3 is 0 Å². The summed E-state index contributed by atoms with van der Waals surface area (Å²) in [6, 6.07) is 0.401. The lowest BCUT2D eigenvalue weighted by molar-refractivity contribution is 0.286. The lowest BCUT2D eigenvalue weighted by Gasteiger charge is -2.30. The zero-order valence-corrected chi connectivity index (χ0v) is 9.91. The maximum Gasteiger partial charge on any atom is 0.0394 e. The van der Waals surface area contributed by atoms with E-state index in [0.29, 0.717) is 12.0 Å². The molecule has 0 aromatic carbocycles. The van der Waals surface area contributed by atoms with E-state index >= 15 is 0 Å². The molecular weight excluding hydrogens is 182 g/mol. The summed E-state index contributed by atoms with van der Waals surface area (Å²) in [6.07, 6.45) is 0. The van der Waals surface area contributed by atoms with Gasteiger partial charge in [-0.1, -0.05) is 27.7 Å². The molecule has 0 radical (unpaired) electrons. The maximum absolute atomic E-state index is 11.6. The third-order valence-corrected chi connectivity index (χ3v) is 4.23. The molecule has 1 fully saturated rings. The minimum Gasteiger partial charge on any atom is -0.312 e. The van der Waals surface area contributed by atoms with Crippen LogP contribution in [0.2, 0.25) is 0 Å². The average molecular weight is 203 g/mol. The standard InChI is InChI=1S/C10H21NOS/c1-8-5-11-9(10(2,3)4)7-13(12)6-8/h8-9,11H,5-7H2,1-4H3. The van der Waals surface area contributed by atoms with Gasteiger partial charge in [0.15, 0.2) is 0 Å². The van der Waals surface area contributed by atoms with Gasteiger partial charge in [-0.2, -0.15) is 0 Å². The minimum atomic E-state index is -0.627. The smallest absolute Gasteiger partial charge is 0.0394 e. The molecule has 0 aromatic rings. The Balaban J connectivity index is 2.63. The van der Waals surface area contributed by atoms with Crippen LogP contribution < -0.4 is 5.32 Å². The van der Waals surface area contributed by atoms with Crippen LogP contribution in [0.1, 0.15) is 27.7 Å². The Kier molecular flexibility index (Phi) is 3.52. The molecule has 3 unspecified atom stereocenters. The summed E-state index contributed by atoms with van der Waals surface area (Å²) in [5, 5.41) is 3.51. The summed E-state index contributed by atoms with van der Waals surface area (Å²) in [7, 11) is -0.627. The zero-order chi connectivity index (χ0) is 10.1. The van der Waals surface area contributed by atoms with Crippen molar-refractivity contribution in [3.63, 3.8) is 0 Å². The minimum absolute atomic E-state index is 0.222. The van der Waals surface area contributed by atoms with E-state index in [2.05, 4.69) is 33.0 Å². The van der Waals surface area contributed by atoms with Crippen molar-refractivity contribution in [2.45, 2.75) is 33.7 Å². The van der Waals surface area contributed by atoms with Crippen molar-refractivity contribution in [3.8, 4) is 0 Å². The number of hydrogen-bond donors (Lipinski definition) is 1. The van der Waals surface area contributed by atoms with E-state index in [4.69, 9.17) is 0 Å². The first-order chi connectivity index (χ1) is 5.89. The van der Waals surface area contributed by atoms with E-state index in [-0.39, 0.29) is 5.41 Å². The number of rotatable bonds is 0. The summed E-state index contributed by atoms with van der Waals surface area (Å²) in [5.41, 5.74) is 0.222. The highest BCUT2D eigenvalue weighted by Crippen LogP contribution is 2.22. The van der Waals surface area contributed by atoms with Gasteiger partial charge in [0.05, 0.1) is 0 Å². The van der Waals surface area contributed by atoms with Crippen LogP contribution in [0.25, 0.3) is 0 Å². The van der Waals surface area contributed by atoms with Gasteiger partial charge in [0.1, 0.15) is 0 Å². The Hall–Kier alpha value is 0.110. The number of hydrogen-bond acceptors (Lipinski definition) is 2. The SMILES string of the molecule is CC1CNC(C(C)(C)C)CS(=O)C1. The number of nitrogens with one attached hydrogen (secondary N) is 1. The Morgan fingerprint density at radius 3 is 2.46 bits per heavy atom. The van der Waals surface area contributed by atoms with Crippen molar-refractivity contribution in [3.05, 3.63) is 0 Å². The summed E-state index contributed by atoms with van der Waals surface area (Å²) in [5.74, 6) is 2.22. The first-order valence-corrected chi connectivity index (χ1v) is 6.47. The Bertz CT molecular complexity index is 198. The van der Waals surface area contributed by atoms with Crippen molar-refractivity contribution in [1.82, 2.24) is 5.32 Å². The molecule has 1 heterocycles. The molecule has 1 saturated heterocycles. The molecule has 1 N–H and O–H groups in total. The van der Waals surface area contributed by atoms with Crippen LogP contribution in [-0.2, 0) is 10.8 Å². The van der Waals surface area contributed by atoms with Gasteiger partial charge in [0.25, 0.3) is 0 Å². The summed E-state index contributed by atoms with van der Waals surface area (Å²) in [6.45, 7) is 9.79. The van der Waals surface area contributed by atoms with Gasteiger partial charge in [-0.15, -0.1) is 0 Å². The van der Waals surface area contributed by atoms with Crippen LogP contribution in [0.15, 0.2) is 0 Å². The predicted molar refractivity (Wildman–Crippen MR) is 58.3 cm³/mol. The third-order valence-electron chi connectivity index (χ3n) is 2.58. The normalized spacial score (nSPS) is 37.1. The van der Waals surface area contributed by atoms with Gasteiger partial charge in [0, 0.05) is 28.3 Å². The van der Waals surface area contributed by atoms with Crippen LogP contribution in [0, 0.1) is 11.3 Å². The molecule has 3 heteroatoms. The molecule has 0 spiro atoms. The zero-order valence-electron chi connectivity index (χ0n) is 9.09. The molecule has 1 aliphatic heterocycles. The highest BCUT2D eigenvalue weighted by molar-refractivity contribution is 7.85. The molecule has 0 amide bonds. The Labute approximate surface area is 83.9 Å². The summed E-state index contributed by atoms with van der Waals surface area (Å²) in [4.78, 5) is 0. The second-order valence-corrected chi connectivity index (χ2v) is 6.75. The molecule has 13 heavy (non-hydrogen) atoms. The molecule has 0 saturated carbocycles. The van der Waals surface area contributed by atoms with Crippen LogP contribution >= 0.6 is 0 Å². The van der Waals surface area contributed by atoms with E-state index < -0.39 is 10.8 Å². The fraction of sp³-hybridized carbons (Fsp3) is 1.00. The first-order valence-electron chi connectivity index (χ1n) is 4.98. The van der Waals surface area contributed by atoms with Gasteiger partial charge in [0.2, 0.25) is 0 Å². The van der Waals surface area contributed by atoms with Gasteiger partial charge in [-0.3, -0.25) is 4.21 Å². The lowest BCUT2D eigenvalue weighted by atomic mass is 9.88. The Morgan fingerprint density at radius 2 is 1.92 bits per heavy atom. The van der Waals surface area contributed by atoms with Crippen LogP contribution in [0.3, 0.4) is 0 Å². The van der Waals surface area contributed by atoms with E-state index in [0.717, 1.165) is 18.1 Å². The third kappa shape index (κ3) is 3.39. The molecule has 78 valence electrons. The van der Waals surface area contributed by atoms with Gasteiger partial charge < -0.3 is 5.32 Å². The lowest BCUT2D eigenvalue weighted by Crippen LogP contribution is -2.43. The highest BCUT2D eigenvalue weighted by atomic mass is 32.2. The Morgan fingerprint density at radius 1 is 1.31 bits per heavy atom. The van der Waals surface area contributed by atoms with Crippen molar-refractivity contribution in [2.24, 2.45) is 11.3 Å². The van der Waals surface area contributed by atoms with E-state index in [1.165, 1.54) is 0 Å². The maximum atomic E-state index is 11.6. The van der Waals surface area contributed by atoms with Crippen molar-refractivity contribution < 1.29 is 4.21 Å². The molecular formula is C10H21NOS. The molecule has 0 aliphatic carbocycles. The fourth-order valence-corrected chi connectivity index (χ4v) is 3.47. The van der Waals surface area contributed by atoms with Crippen LogP contribution in [0.4, 0.5) is 0 Å². The second-order valence-electron chi connectivity index (χ2n) is 5.21. The largest absolute Gasteiger partial charge is 0.312 e. The van der Waals surface area contributed by atoms with Gasteiger partial charge in [-0.05, 0) is 17.9 Å². The summed E-state index contributed by atoms with van der Waals surface area (Å²) >= 11 is 0. The predicted octanol–water partition coefficient (Wildman–Crippen LogP) is 1.39. The first kappa shape index (κ1) is 11.2. The van der Waals surface area contributed by atoms with E-state index in [9.17, 15) is 4.21 Å². The van der Waals surface area contributed by atoms with E-state index in [1.54, 1.807) is 0 Å². The quantitative estimate of drug-likeness (QED) is 0.644. The topological polar surface area (TPSA) is 29.1 Å². The molecule has 0 bridgehead atoms. The molecule has 1 aliphatic rings. The van der Waals surface area contributed by atoms with Crippen molar-refractivity contribution >= 4 is 10.8 Å². The van der Waals surface area contributed by atoms with Gasteiger partial charge in [-0.25, -0.2) is 0 Å². The molecule has 0 aromatic heterocycles. The van der Waals surface area contributed by atoms with Crippen molar-refractivity contribution in [1.29, 1.82) is 0 Å². The summed E-state index contributed by atoms with van der Waals surface area (Å²) < 4.78 is 11.6. The average Bonchev–Trinajstić information content (AvgIpc) is 2.09. The van der Waals surface area contributed by atoms with Crippen LogP contribution in [-0.4, -0.2) is 28.3 Å². The monoisotopic (exact) mass is 203 g/mol.